The minimum atomic E-state index is -1.45. The van der Waals surface area contributed by atoms with Crippen LogP contribution in [0.25, 0.3) is 0 Å². The molecular formula is C22H21NO4. The number of para-hydroxylation sites is 2. The quantitative estimate of drug-likeness (QED) is 0.814. The number of fused-ring (bicyclic) bond motifs is 5. The molecule has 5 heteroatoms. The normalized spacial score (nSPS) is 34.1. The largest absolute Gasteiger partial charge is 0.332 e. The summed E-state index contributed by atoms with van der Waals surface area (Å²) in [5.41, 5.74) is -0.540. The second kappa shape index (κ2) is 5.27. The van der Waals surface area contributed by atoms with Crippen LogP contribution in [-0.2, 0) is 24.7 Å². The minimum Gasteiger partial charge on any atom is -0.332 e. The van der Waals surface area contributed by atoms with E-state index in [-0.39, 0.29) is 11.7 Å². The summed E-state index contributed by atoms with van der Waals surface area (Å²) >= 11 is 0. The van der Waals surface area contributed by atoms with Gasteiger partial charge in [-0.15, -0.1) is 0 Å². The average Bonchev–Trinajstić information content (AvgIpc) is 3.02. The molecule has 0 unspecified atom stereocenters. The number of rotatable bonds is 2. The summed E-state index contributed by atoms with van der Waals surface area (Å²) in [7, 11) is 0. The Morgan fingerprint density at radius 1 is 1.00 bits per heavy atom. The third-order valence-corrected chi connectivity index (χ3v) is 6.10. The number of ketones is 1. The minimum absolute atomic E-state index is 0.163. The highest BCUT2D eigenvalue weighted by atomic mass is 16.8. The zero-order valence-electron chi connectivity index (χ0n) is 15.4. The molecule has 2 saturated heterocycles. The Morgan fingerprint density at radius 3 is 2.44 bits per heavy atom. The number of hydrogen-bond acceptors (Lipinski definition) is 4. The summed E-state index contributed by atoms with van der Waals surface area (Å²) in [6, 6.07) is 17.0. The highest BCUT2D eigenvalue weighted by Gasteiger charge is 2.76. The molecule has 138 valence electrons. The van der Waals surface area contributed by atoms with E-state index in [0.29, 0.717) is 18.4 Å². The number of anilines is 2. The van der Waals surface area contributed by atoms with Crippen molar-refractivity contribution in [1.29, 1.82) is 0 Å². The number of Topliss-reactive ketones (excluding diaryl/α,β-unsaturated/α-hetero) is 1. The van der Waals surface area contributed by atoms with E-state index in [9.17, 15) is 9.59 Å². The fourth-order valence-electron chi connectivity index (χ4n) is 5.02. The maximum atomic E-state index is 14.0. The molecule has 5 nitrogen and oxygen atoms in total. The van der Waals surface area contributed by atoms with Crippen LogP contribution in [0.15, 0.2) is 54.6 Å². The molecule has 0 saturated carbocycles. The van der Waals surface area contributed by atoms with Crippen LogP contribution >= 0.6 is 0 Å². The van der Waals surface area contributed by atoms with Gasteiger partial charge in [0.2, 0.25) is 5.60 Å². The van der Waals surface area contributed by atoms with Crippen molar-refractivity contribution in [3.8, 4) is 0 Å². The van der Waals surface area contributed by atoms with E-state index >= 15 is 0 Å². The van der Waals surface area contributed by atoms with Crippen molar-refractivity contribution in [2.24, 2.45) is 0 Å². The fourth-order valence-corrected chi connectivity index (χ4v) is 5.02. The predicted octanol–water partition coefficient (Wildman–Crippen LogP) is 3.83. The van der Waals surface area contributed by atoms with Crippen molar-refractivity contribution in [2.45, 2.75) is 50.1 Å². The number of amides is 1. The van der Waals surface area contributed by atoms with Gasteiger partial charge in [-0.25, -0.2) is 0 Å². The van der Waals surface area contributed by atoms with Gasteiger partial charge in [0.05, 0.1) is 5.69 Å². The maximum Gasteiger partial charge on any atom is 0.272 e. The summed E-state index contributed by atoms with van der Waals surface area (Å²) in [5.74, 6) is -1.36. The number of carbonyl (C=O) groups is 2. The molecule has 2 aromatic rings. The SMILES string of the molecule is CC(=O)[C@@]12CCC[C@@](C)(O1)O[C@]21C(=O)N(c2ccccc2)c2ccccc21. The van der Waals surface area contributed by atoms with Crippen LogP contribution in [0, 0.1) is 0 Å². The van der Waals surface area contributed by atoms with Crippen LogP contribution in [-0.4, -0.2) is 23.1 Å². The summed E-state index contributed by atoms with van der Waals surface area (Å²) in [5, 5.41) is 0. The lowest BCUT2D eigenvalue weighted by atomic mass is 9.72. The van der Waals surface area contributed by atoms with Crippen LogP contribution in [0.3, 0.4) is 0 Å². The van der Waals surface area contributed by atoms with Crippen molar-refractivity contribution in [3.05, 3.63) is 60.2 Å². The van der Waals surface area contributed by atoms with Crippen molar-refractivity contribution < 1.29 is 19.1 Å². The summed E-state index contributed by atoms with van der Waals surface area (Å²) in [6.07, 6.45) is 1.91. The molecule has 0 aromatic heterocycles. The van der Waals surface area contributed by atoms with Crippen molar-refractivity contribution in [2.75, 3.05) is 4.90 Å². The molecule has 3 atom stereocenters. The zero-order chi connectivity index (χ0) is 18.9. The summed E-state index contributed by atoms with van der Waals surface area (Å²) in [6.45, 7) is 3.34. The molecule has 0 aliphatic carbocycles. The van der Waals surface area contributed by atoms with Gasteiger partial charge in [0.25, 0.3) is 5.91 Å². The van der Waals surface area contributed by atoms with E-state index in [2.05, 4.69) is 0 Å². The number of carbonyl (C=O) groups excluding carboxylic acids is 2. The van der Waals surface area contributed by atoms with E-state index < -0.39 is 17.0 Å². The molecule has 3 aliphatic rings. The van der Waals surface area contributed by atoms with Crippen molar-refractivity contribution in [1.82, 2.24) is 0 Å². The monoisotopic (exact) mass is 363 g/mol. The van der Waals surface area contributed by atoms with Crippen LogP contribution in [0.4, 0.5) is 11.4 Å². The third-order valence-electron chi connectivity index (χ3n) is 6.10. The van der Waals surface area contributed by atoms with Gasteiger partial charge in [0.15, 0.2) is 17.2 Å². The molecule has 3 aliphatic heterocycles. The molecular weight excluding hydrogens is 342 g/mol. The van der Waals surface area contributed by atoms with Gasteiger partial charge in [-0.05, 0) is 44.9 Å². The Morgan fingerprint density at radius 2 is 1.70 bits per heavy atom. The lowest BCUT2D eigenvalue weighted by molar-refractivity contribution is -0.204. The standard InChI is InChI=1S/C22H21NO4/c1-15(24)21-14-8-13-20(2,26-21)27-22(21)17-11-6-7-12-18(17)23(19(22)25)16-9-4-3-5-10-16/h3-7,9-12H,8,13-14H2,1-2H3/t20-,21+,22+/m0/s1. The molecule has 1 spiro atoms. The Kier molecular flexibility index (Phi) is 3.25. The van der Waals surface area contributed by atoms with Crippen LogP contribution in [0.5, 0.6) is 0 Å². The van der Waals surface area contributed by atoms with Gasteiger partial charge in [-0.2, -0.15) is 0 Å². The fraction of sp³-hybridized carbons (Fsp3) is 0.364. The molecule has 1 amide bonds. The van der Waals surface area contributed by atoms with E-state index in [0.717, 1.165) is 17.8 Å². The molecule has 5 rings (SSSR count). The number of ether oxygens (including phenoxy) is 2. The van der Waals surface area contributed by atoms with E-state index in [4.69, 9.17) is 9.47 Å². The molecule has 2 bridgehead atoms. The lowest BCUT2D eigenvalue weighted by Gasteiger charge is -2.38. The third kappa shape index (κ3) is 1.91. The molecule has 2 fully saturated rings. The first-order chi connectivity index (χ1) is 12.9. The van der Waals surface area contributed by atoms with Crippen molar-refractivity contribution in [3.63, 3.8) is 0 Å². The Balaban J connectivity index is 1.80. The smallest absolute Gasteiger partial charge is 0.272 e. The predicted molar refractivity (Wildman–Crippen MR) is 99.5 cm³/mol. The summed E-state index contributed by atoms with van der Waals surface area (Å²) < 4.78 is 12.7. The second-order valence-electron chi connectivity index (χ2n) is 7.75. The highest BCUT2D eigenvalue weighted by Crippen LogP contribution is 2.63. The molecule has 0 N–H and O–H groups in total. The zero-order valence-corrected chi connectivity index (χ0v) is 15.4. The molecule has 3 heterocycles. The van der Waals surface area contributed by atoms with Crippen molar-refractivity contribution >= 4 is 23.1 Å². The average molecular weight is 363 g/mol. The molecule has 27 heavy (non-hydrogen) atoms. The van der Waals surface area contributed by atoms with E-state index in [1.807, 2.05) is 61.5 Å². The van der Waals surface area contributed by atoms with Gasteiger partial charge in [-0.1, -0.05) is 36.4 Å². The number of nitrogens with zero attached hydrogens (tertiary/aromatic N) is 1. The highest BCUT2D eigenvalue weighted by molar-refractivity contribution is 6.15. The molecule has 0 radical (unpaired) electrons. The first kappa shape index (κ1) is 16.7. The van der Waals surface area contributed by atoms with Crippen LogP contribution in [0.1, 0.15) is 38.7 Å². The molecule has 2 aromatic carbocycles. The van der Waals surface area contributed by atoms with Gasteiger partial charge in [0.1, 0.15) is 0 Å². The Labute approximate surface area is 157 Å². The Bertz CT molecular complexity index is 958. The first-order valence-corrected chi connectivity index (χ1v) is 9.34. The van der Waals surface area contributed by atoms with E-state index in [1.165, 1.54) is 6.92 Å². The van der Waals surface area contributed by atoms with Gasteiger partial charge < -0.3 is 9.47 Å². The van der Waals surface area contributed by atoms with Gasteiger partial charge in [0, 0.05) is 17.7 Å². The first-order valence-electron chi connectivity index (χ1n) is 9.34. The van der Waals surface area contributed by atoms with Gasteiger partial charge in [-0.3, -0.25) is 14.5 Å². The summed E-state index contributed by atoms with van der Waals surface area (Å²) in [4.78, 5) is 28.5. The van der Waals surface area contributed by atoms with Gasteiger partial charge >= 0.3 is 0 Å². The van der Waals surface area contributed by atoms with Crippen LogP contribution < -0.4 is 4.90 Å². The van der Waals surface area contributed by atoms with E-state index in [1.54, 1.807) is 4.90 Å². The topological polar surface area (TPSA) is 55.8 Å². The second-order valence-corrected chi connectivity index (χ2v) is 7.75. The Hall–Kier alpha value is -2.50. The maximum absolute atomic E-state index is 14.0. The number of hydrogen-bond donors (Lipinski definition) is 0. The lowest BCUT2D eigenvalue weighted by Crippen LogP contribution is -2.59. The van der Waals surface area contributed by atoms with Crippen LogP contribution in [0.2, 0.25) is 0 Å². The number of benzene rings is 2.